The smallest absolute Gasteiger partial charge is 0.311 e. The molecule has 0 aliphatic carbocycles. The number of carbonyl (C=O) groups is 2. The highest BCUT2D eigenvalue weighted by Crippen LogP contribution is 2.28. The number of ether oxygens (including phenoxy) is 1. The molecule has 0 bridgehead atoms. The third kappa shape index (κ3) is 1.95. The maximum absolute atomic E-state index is 12.0. The second kappa shape index (κ2) is 4.38. The molecule has 19 heavy (non-hydrogen) atoms. The van der Waals surface area contributed by atoms with Gasteiger partial charge in [0.05, 0.1) is 13.0 Å². The number of methoxy groups -OCH3 is 1. The van der Waals surface area contributed by atoms with Gasteiger partial charge >= 0.3 is 5.97 Å². The van der Waals surface area contributed by atoms with E-state index in [9.17, 15) is 9.59 Å². The van der Waals surface area contributed by atoms with Crippen molar-refractivity contribution < 1.29 is 18.7 Å². The van der Waals surface area contributed by atoms with Crippen LogP contribution in [0.25, 0.3) is 11.1 Å². The van der Waals surface area contributed by atoms with Crippen molar-refractivity contribution in [1.82, 2.24) is 4.98 Å². The van der Waals surface area contributed by atoms with E-state index in [1.807, 2.05) is 0 Å². The third-order valence-corrected chi connectivity index (χ3v) is 3.29. The molecule has 1 amide bonds. The van der Waals surface area contributed by atoms with Crippen LogP contribution in [0.15, 0.2) is 29.0 Å². The maximum atomic E-state index is 12.0. The van der Waals surface area contributed by atoms with Crippen molar-refractivity contribution in [3.63, 3.8) is 0 Å². The lowest BCUT2D eigenvalue weighted by molar-refractivity contribution is -0.145. The molecular formula is C13H12N2O4. The van der Waals surface area contributed by atoms with Gasteiger partial charge in [-0.3, -0.25) is 9.59 Å². The van der Waals surface area contributed by atoms with Gasteiger partial charge in [-0.15, -0.1) is 0 Å². The van der Waals surface area contributed by atoms with Crippen LogP contribution in [0.4, 0.5) is 5.69 Å². The zero-order valence-electron chi connectivity index (χ0n) is 10.3. The minimum atomic E-state index is -0.400. The summed E-state index contributed by atoms with van der Waals surface area (Å²) in [6, 6.07) is 5.33. The number of benzene rings is 1. The van der Waals surface area contributed by atoms with Gasteiger partial charge in [-0.05, 0) is 12.1 Å². The van der Waals surface area contributed by atoms with Gasteiger partial charge in [-0.25, -0.2) is 4.98 Å². The number of aromatic nitrogens is 1. The first-order chi connectivity index (χ1) is 9.19. The summed E-state index contributed by atoms with van der Waals surface area (Å²) in [7, 11) is 1.33. The van der Waals surface area contributed by atoms with E-state index >= 15 is 0 Å². The minimum absolute atomic E-state index is 0.0886. The van der Waals surface area contributed by atoms with Gasteiger partial charge < -0.3 is 14.1 Å². The Hall–Kier alpha value is -2.37. The standard InChI is InChI=1S/C13H12N2O4/c1-18-13(17)8-4-12(16)15(6-8)9-2-3-10-11(5-9)19-7-14-10/h2-3,5,7-8H,4,6H2,1H3. The van der Waals surface area contributed by atoms with Crippen molar-refractivity contribution in [2.45, 2.75) is 6.42 Å². The van der Waals surface area contributed by atoms with Crippen LogP contribution in [0.5, 0.6) is 0 Å². The molecule has 1 aromatic heterocycles. The van der Waals surface area contributed by atoms with Crippen LogP contribution >= 0.6 is 0 Å². The van der Waals surface area contributed by atoms with E-state index in [2.05, 4.69) is 9.72 Å². The van der Waals surface area contributed by atoms with Crippen molar-refractivity contribution in [3.05, 3.63) is 24.6 Å². The Morgan fingerprint density at radius 2 is 2.37 bits per heavy atom. The van der Waals surface area contributed by atoms with Crippen LogP contribution in [0.3, 0.4) is 0 Å². The molecular weight excluding hydrogens is 248 g/mol. The van der Waals surface area contributed by atoms with E-state index in [1.165, 1.54) is 13.5 Å². The Balaban J connectivity index is 1.89. The van der Waals surface area contributed by atoms with E-state index in [0.29, 0.717) is 17.8 Å². The normalized spacial score (nSPS) is 19.1. The summed E-state index contributed by atoms with van der Waals surface area (Å²) in [5, 5.41) is 0. The van der Waals surface area contributed by atoms with Gasteiger partial charge in [0.1, 0.15) is 5.52 Å². The number of fused-ring (bicyclic) bond motifs is 1. The molecule has 0 saturated carbocycles. The van der Waals surface area contributed by atoms with Gasteiger partial charge in [-0.1, -0.05) is 0 Å². The van der Waals surface area contributed by atoms with Gasteiger partial charge in [0.15, 0.2) is 12.0 Å². The molecule has 1 atom stereocenters. The van der Waals surface area contributed by atoms with E-state index in [0.717, 1.165) is 5.52 Å². The van der Waals surface area contributed by atoms with E-state index in [1.54, 1.807) is 23.1 Å². The maximum Gasteiger partial charge on any atom is 0.311 e. The molecule has 0 N–H and O–H groups in total. The molecule has 1 aromatic carbocycles. The topological polar surface area (TPSA) is 72.6 Å². The van der Waals surface area contributed by atoms with Crippen molar-refractivity contribution in [2.75, 3.05) is 18.6 Å². The summed E-state index contributed by atoms with van der Waals surface area (Å²) in [5.41, 5.74) is 2.06. The van der Waals surface area contributed by atoms with Crippen molar-refractivity contribution in [1.29, 1.82) is 0 Å². The molecule has 2 aromatic rings. The fourth-order valence-corrected chi connectivity index (χ4v) is 2.29. The zero-order valence-corrected chi connectivity index (χ0v) is 10.3. The fraction of sp³-hybridized carbons (Fsp3) is 0.308. The molecule has 0 spiro atoms. The number of esters is 1. The average molecular weight is 260 g/mol. The first-order valence-corrected chi connectivity index (χ1v) is 5.90. The molecule has 6 heteroatoms. The lowest BCUT2D eigenvalue weighted by atomic mass is 10.1. The molecule has 1 aliphatic heterocycles. The summed E-state index contributed by atoms with van der Waals surface area (Å²) in [6.07, 6.45) is 1.54. The number of carbonyl (C=O) groups excluding carboxylic acids is 2. The van der Waals surface area contributed by atoms with Crippen molar-refractivity contribution in [3.8, 4) is 0 Å². The molecule has 3 rings (SSSR count). The Morgan fingerprint density at radius 1 is 1.53 bits per heavy atom. The number of amides is 1. The quantitative estimate of drug-likeness (QED) is 0.762. The highest BCUT2D eigenvalue weighted by Gasteiger charge is 2.35. The summed E-state index contributed by atoms with van der Waals surface area (Å²) in [5.74, 6) is -0.839. The van der Waals surface area contributed by atoms with Crippen LogP contribution < -0.4 is 4.90 Å². The monoisotopic (exact) mass is 260 g/mol. The second-order valence-corrected chi connectivity index (χ2v) is 4.43. The lowest BCUT2D eigenvalue weighted by Crippen LogP contribution is -2.26. The zero-order chi connectivity index (χ0) is 13.4. The van der Waals surface area contributed by atoms with Gasteiger partial charge in [0.25, 0.3) is 0 Å². The van der Waals surface area contributed by atoms with E-state index in [-0.39, 0.29) is 18.3 Å². The molecule has 2 heterocycles. The summed E-state index contributed by atoms with van der Waals surface area (Å²) in [4.78, 5) is 29.0. The lowest BCUT2D eigenvalue weighted by Gasteiger charge is -2.15. The molecule has 1 saturated heterocycles. The summed E-state index contributed by atoms with van der Waals surface area (Å²) in [6.45, 7) is 0.338. The third-order valence-electron chi connectivity index (χ3n) is 3.29. The Labute approximate surface area is 109 Å². The number of rotatable bonds is 2. The van der Waals surface area contributed by atoms with Gasteiger partial charge in [0, 0.05) is 24.7 Å². The minimum Gasteiger partial charge on any atom is -0.469 e. The van der Waals surface area contributed by atoms with Gasteiger partial charge in [0.2, 0.25) is 5.91 Å². The van der Waals surface area contributed by atoms with Crippen LogP contribution in [-0.2, 0) is 14.3 Å². The largest absolute Gasteiger partial charge is 0.469 e. The molecule has 6 nitrogen and oxygen atoms in total. The molecule has 98 valence electrons. The highest BCUT2D eigenvalue weighted by molar-refractivity contribution is 6.00. The Kier molecular flexibility index (Phi) is 2.70. The first-order valence-electron chi connectivity index (χ1n) is 5.90. The van der Waals surface area contributed by atoms with Crippen LogP contribution in [0.2, 0.25) is 0 Å². The number of hydrogen-bond donors (Lipinski definition) is 0. The van der Waals surface area contributed by atoms with Crippen LogP contribution in [0, 0.1) is 5.92 Å². The fourth-order valence-electron chi connectivity index (χ4n) is 2.29. The number of hydrogen-bond acceptors (Lipinski definition) is 5. The first kappa shape index (κ1) is 11.7. The molecule has 1 aliphatic rings. The molecule has 0 radical (unpaired) electrons. The SMILES string of the molecule is COC(=O)C1CC(=O)N(c2ccc3ncoc3c2)C1. The van der Waals surface area contributed by atoms with Crippen LogP contribution in [0.1, 0.15) is 6.42 Å². The number of anilines is 1. The van der Waals surface area contributed by atoms with Gasteiger partial charge in [-0.2, -0.15) is 0 Å². The average Bonchev–Trinajstić information content (AvgIpc) is 3.03. The van der Waals surface area contributed by atoms with E-state index < -0.39 is 5.92 Å². The molecule has 1 fully saturated rings. The second-order valence-electron chi connectivity index (χ2n) is 4.43. The highest BCUT2D eigenvalue weighted by atomic mass is 16.5. The van der Waals surface area contributed by atoms with E-state index in [4.69, 9.17) is 4.42 Å². The Bertz CT molecular complexity index is 649. The number of nitrogens with zero attached hydrogens (tertiary/aromatic N) is 2. The number of oxazole rings is 1. The Morgan fingerprint density at radius 3 is 3.16 bits per heavy atom. The molecule has 1 unspecified atom stereocenters. The predicted molar refractivity (Wildman–Crippen MR) is 66.5 cm³/mol. The predicted octanol–water partition coefficient (Wildman–Crippen LogP) is 1.35. The summed E-state index contributed by atoms with van der Waals surface area (Å²) >= 11 is 0. The van der Waals surface area contributed by atoms with Crippen LogP contribution in [-0.4, -0.2) is 30.5 Å². The van der Waals surface area contributed by atoms with Crippen molar-refractivity contribution >= 4 is 28.7 Å². The van der Waals surface area contributed by atoms with Crippen molar-refractivity contribution in [2.24, 2.45) is 5.92 Å². The summed E-state index contributed by atoms with van der Waals surface area (Å²) < 4.78 is 9.89.